The van der Waals surface area contributed by atoms with Crippen LogP contribution in [0.15, 0.2) is 91.4 Å². The summed E-state index contributed by atoms with van der Waals surface area (Å²) in [5.41, 5.74) is 6.32. The Morgan fingerprint density at radius 1 is 0.875 bits per heavy atom. The van der Waals surface area contributed by atoms with Crippen molar-refractivity contribution < 1.29 is 4.79 Å². The molecule has 3 aromatic carbocycles. The fraction of sp³-hybridized carbons (Fsp3) is 0.0741. The van der Waals surface area contributed by atoms with Crippen LogP contribution in [-0.4, -0.2) is 20.7 Å². The molecule has 5 heteroatoms. The first-order valence-electron chi connectivity index (χ1n) is 10.7. The Labute approximate surface area is 185 Å². The third kappa shape index (κ3) is 3.06. The summed E-state index contributed by atoms with van der Waals surface area (Å²) in [5, 5.41) is 10.2. The fourth-order valence-electron chi connectivity index (χ4n) is 4.51. The predicted octanol–water partition coefficient (Wildman–Crippen LogP) is 5.44. The van der Waals surface area contributed by atoms with Crippen molar-refractivity contribution >= 4 is 22.4 Å². The number of pyridine rings is 1. The van der Waals surface area contributed by atoms with Crippen LogP contribution in [0.4, 0.5) is 5.69 Å². The zero-order chi connectivity index (χ0) is 21.5. The van der Waals surface area contributed by atoms with Gasteiger partial charge in [0.25, 0.3) is 5.91 Å². The van der Waals surface area contributed by atoms with Crippen LogP contribution in [0.1, 0.15) is 21.5 Å². The Kier molecular flexibility index (Phi) is 4.32. The van der Waals surface area contributed by atoms with Gasteiger partial charge in [0, 0.05) is 35.2 Å². The molecule has 2 heterocycles. The zero-order valence-corrected chi connectivity index (χ0v) is 17.3. The van der Waals surface area contributed by atoms with Crippen LogP contribution >= 0.6 is 0 Å². The number of amides is 1. The quantitative estimate of drug-likeness (QED) is 0.424. The van der Waals surface area contributed by atoms with Gasteiger partial charge in [0.05, 0.1) is 11.3 Å². The number of benzene rings is 3. The predicted molar refractivity (Wildman–Crippen MR) is 126 cm³/mol. The van der Waals surface area contributed by atoms with E-state index >= 15 is 0 Å². The van der Waals surface area contributed by atoms with E-state index in [-0.39, 0.29) is 5.91 Å². The number of carbonyl (C=O) groups excluding carboxylic acids is 1. The summed E-state index contributed by atoms with van der Waals surface area (Å²) >= 11 is 0. The molecular weight excluding hydrogens is 396 g/mol. The van der Waals surface area contributed by atoms with Gasteiger partial charge in [-0.3, -0.25) is 9.78 Å². The van der Waals surface area contributed by atoms with Gasteiger partial charge < -0.3 is 5.32 Å². The lowest BCUT2D eigenvalue weighted by Gasteiger charge is -2.10. The molecule has 1 aliphatic rings. The van der Waals surface area contributed by atoms with E-state index in [1.165, 1.54) is 16.5 Å². The van der Waals surface area contributed by atoms with Crippen LogP contribution in [0.2, 0.25) is 0 Å². The number of nitrogens with zero attached hydrogens (tertiary/aromatic N) is 3. The molecule has 0 saturated carbocycles. The maximum atomic E-state index is 13.5. The minimum atomic E-state index is -0.190. The third-order valence-electron chi connectivity index (χ3n) is 6.04. The molecule has 1 aliphatic carbocycles. The molecule has 32 heavy (non-hydrogen) atoms. The first-order chi connectivity index (χ1) is 15.8. The molecule has 1 amide bonds. The normalized spacial score (nSPS) is 12.2. The lowest BCUT2D eigenvalue weighted by Crippen LogP contribution is -2.12. The number of hydrogen-bond donors (Lipinski definition) is 1. The highest BCUT2D eigenvalue weighted by molar-refractivity contribution is 6.12. The fourth-order valence-corrected chi connectivity index (χ4v) is 4.51. The molecule has 154 valence electrons. The monoisotopic (exact) mass is 416 g/mol. The number of rotatable bonds is 4. The van der Waals surface area contributed by atoms with Crippen molar-refractivity contribution in [3.63, 3.8) is 0 Å². The number of anilines is 1. The molecule has 0 saturated heterocycles. The van der Waals surface area contributed by atoms with E-state index in [1.807, 2.05) is 48.5 Å². The van der Waals surface area contributed by atoms with Crippen molar-refractivity contribution in [1.29, 1.82) is 0 Å². The Morgan fingerprint density at radius 2 is 1.72 bits per heavy atom. The molecular formula is C27H20N4O. The van der Waals surface area contributed by atoms with E-state index < -0.39 is 0 Å². The van der Waals surface area contributed by atoms with E-state index in [9.17, 15) is 4.79 Å². The van der Waals surface area contributed by atoms with Gasteiger partial charge >= 0.3 is 0 Å². The van der Waals surface area contributed by atoms with Crippen molar-refractivity contribution in [3.8, 4) is 16.9 Å². The molecule has 0 spiro atoms. The molecule has 1 N–H and O–H groups in total. The molecule has 0 radical (unpaired) electrons. The van der Waals surface area contributed by atoms with Gasteiger partial charge in [-0.25, -0.2) is 4.68 Å². The maximum Gasteiger partial charge on any atom is 0.259 e. The number of aromatic nitrogens is 3. The lowest BCUT2D eigenvalue weighted by atomic mass is 10.0. The molecule has 5 aromatic rings. The standard InChI is InChI=1S/C27H20N4O/c32-27(29-24-14-13-19-12-11-18-6-4-10-22(24)25(18)19)23-17-31(21-8-2-1-3-9-21)30-26(23)20-7-5-15-28-16-20/h1-10,13-17H,11-12H2,(H,29,32). The van der Waals surface area contributed by atoms with Crippen molar-refractivity contribution in [2.45, 2.75) is 12.8 Å². The Hall–Kier alpha value is -4.25. The number of nitrogens with one attached hydrogen (secondary N) is 1. The molecule has 0 fully saturated rings. The summed E-state index contributed by atoms with van der Waals surface area (Å²) in [6, 6.07) is 24.0. The van der Waals surface area contributed by atoms with E-state index in [4.69, 9.17) is 5.10 Å². The largest absolute Gasteiger partial charge is 0.321 e. The molecule has 0 bridgehead atoms. The molecule has 6 rings (SSSR count). The second-order valence-electron chi connectivity index (χ2n) is 7.98. The van der Waals surface area contributed by atoms with Gasteiger partial charge in [0.2, 0.25) is 0 Å². The summed E-state index contributed by atoms with van der Waals surface area (Å²) in [6.45, 7) is 0. The summed E-state index contributed by atoms with van der Waals surface area (Å²) < 4.78 is 1.74. The summed E-state index contributed by atoms with van der Waals surface area (Å²) in [5.74, 6) is -0.190. The van der Waals surface area contributed by atoms with Gasteiger partial charge in [0.1, 0.15) is 5.69 Å². The van der Waals surface area contributed by atoms with Crippen molar-refractivity contribution in [2.75, 3.05) is 5.32 Å². The van der Waals surface area contributed by atoms with Crippen LogP contribution in [0.5, 0.6) is 0 Å². The zero-order valence-electron chi connectivity index (χ0n) is 17.3. The highest BCUT2D eigenvalue weighted by Gasteiger charge is 2.21. The van der Waals surface area contributed by atoms with Crippen LogP contribution in [0.25, 0.3) is 27.7 Å². The van der Waals surface area contributed by atoms with Crippen LogP contribution in [-0.2, 0) is 12.8 Å². The maximum absolute atomic E-state index is 13.5. The first kappa shape index (κ1) is 18.5. The van der Waals surface area contributed by atoms with Gasteiger partial charge in [0.15, 0.2) is 0 Å². The van der Waals surface area contributed by atoms with Crippen LogP contribution < -0.4 is 5.32 Å². The molecule has 0 unspecified atom stereocenters. The summed E-state index contributed by atoms with van der Waals surface area (Å²) in [7, 11) is 0. The second kappa shape index (κ2) is 7.46. The van der Waals surface area contributed by atoms with Crippen LogP contribution in [0, 0.1) is 0 Å². The number of carbonyl (C=O) groups is 1. The minimum absolute atomic E-state index is 0.190. The van der Waals surface area contributed by atoms with Crippen molar-refractivity contribution in [3.05, 3.63) is 108 Å². The number of para-hydroxylation sites is 1. The Morgan fingerprint density at radius 3 is 2.53 bits per heavy atom. The first-order valence-corrected chi connectivity index (χ1v) is 10.7. The van der Waals surface area contributed by atoms with E-state index in [0.717, 1.165) is 35.2 Å². The average molecular weight is 416 g/mol. The summed E-state index contributed by atoms with van der Waals surface area (Å²) in [6.07, 6.45) is 7.34. The molecule has 5 nitrogen and oxygen atoms in total. The highest BCUT2D eigenvalue weighted by atomic mass is 16.1. The molecule has 0 atom stereocenters. The molecule has 0 aliphatic heterocycles. The SMILES string of the molecule is O=C(Nc1ccc2c3c(cccc13)CC2)c1cn(-c2ccccc2)nc1-c1cccnc1. The van der Waals surface area contributed by atoms with E-state index in [0.29, 0.717) is 11.3 Å². The van der Waals surface area contributed by atoms with Crippen molar-refractivity contribution in [1.82, 2.24) is 14.8 Å². The summed E-state index contributed by atoms with van der Waals surface area (Å²) in [4.78, 5) is 17.7. The average Bonchev–Trinajstić information content (AvgIpc) is 3.48. The second-order valence-corrected chi connectivity index (χ2v) is 7.98. The number of aryl methyl sites for hydroxylation is 2. The van der Waals surface area contributed by atoms with Crippen LogP contribution in [0.3, 0.4) is 0 Å². The highest BCUT2D eigenvalue weighted by Crippen LogP contribution is 2.35. The topological polar surface area (TPSA) is 59.8 Å². The van der Waals surface area contributed by atoms with Gasteiger partial charge in [-0.1, -0.05) is 42.5 Å². The van der Waals surface area contributed by atoms with E-state index in [1.54, 1.807) is 23.3 Å². The van der Waals surface area contributed by atoms with Gasteiger partial charge in [-0.05, 0) is 59.7 Å². The van der Waals surface area contributed by atoms with Crippen molar-refractivity contribution in [2.24, 2.45) is 0 Å². The lowest BCUT2D eigenvalue weighted by molar-refractivity contribution is 0.102. The Balaban J connectivity index is 1.44. The van der Waals surface area contributed by atoms with E-state index in [2.05, 4.69) is 34.6 Å². The van der Waals surface area contributed by atoms with Gasteiger partial charge in [-0.15, -0.1) is 0 Å². The number of hydrogen-bond acceptors (Lipinski definition) is 3. The third-order valence-corrected chi connectivity index (χ3v) is 6.04. The van der Waals surface area contributed by atoms with Gasteiger partial charge in [-0.2, -0.15) is 5.10 Å². The minimum Gasteiger partial charge on any atom is -0.321 e. The Bertz CT molecular complexity index is 1450. The molecule has 2 aromatic heterocycles. The smallest absolute Gasteiger partial charge is 0.259 e.